The van der Waals surface area contributed by atoms with E-state index >= 15 is 0 Å². The van der Waals surface area contributed by atoms with E-state index in [9.17, 15) is 0 Å². The molecule has 0 aliphatic rings. The SMILES string of the molecule is CC(C)Cc1ccc(-c2ccc(CN)s2)cc1. The second kappa shape index (κ2) is 5.48. The minimum Gasteiger partial charge on any atom is -0.326 e. The molecule has 0 fully saturated rings. The molecule has 2 aromatic rings. The molecule has 0 unspecified atom stereocenters. The van der Waals surface area contributed by atoms with Gasteiger partial charge in [0.05, 0.1) is 0 Å². The molecule has 17 heavy (non-hydrogen) atoms. The first-order valence-corrected chi connectivity index (χ1v) is 6.89. The third-order valence-electron chi connectivity index (χ3n) is 2.75. The number of rotatable bonds is 4. The number of benzene rings is 1. The van der Waals surface area contributed by atoms with Gasteiger partial charge >= 0.3 is 0 Å². The zero-order chi connectivity index (χ0) is 12.3. The first kappa shape index (κ1) is 12.3. The summed E-state index contributed by atoms with van der Waals surface area (Å²) in [5.41, 5.74) is 8.34. The highest BCUT2D eigenvalue weighted by molar-refractivity contribution is 7.15. The molecule has 0 saturated carbocycles. The molecule has 1 nitrogen and oxygen atoms in total. The Kier molecular flexibility index (Phi) is 3.97. The van der Waals surface area contributed by atoms with Gasteiger partial charge in [-0.15, -0.1) is 11.3 Å². The highest BCUT2D eigenvalue weighted by atomic mass is 32.1. The molecule has 0 amide bonds. The van der Waals surface area contributed by atoms with Crippen molar-refractivity contribution in [3.63, 3.8) is 0 Å². The van der Waals surface area contributed by atoms with Crippen LogP contribution >= 0.6 is 11.3 Å². The molecule has 0 radical (unpaired) electrons. The van der Waals surface area contributed by atoms with Gasteiger partial charge in [0.2, 0.25) is 0 Å². The van der Waals surface area contributed by atoms with Crippen LogP contribution in [0.25, 0.3) is 10.4 Å². The van der Waals surface area contributed by atoms with Crippen molar-refractivity contribution >= 4 is 11.3 Å². The standard InChI is InChI=1S/C15H19NS/c1-11(2)9-12-3-5-13(6-4-12)15-8-7-14(10-16)17-15/h3-8,11H,9-10,16H2,1-2H3. The third kappa shape index (κ3) is 3.18. The van der Waals surface area contributed by atoms with Crippen LogP contribution in [-0.4, -0.2) is 0 Å². The normalized spacial score (nSPS) is 11.1. The smallest absolute Gasteiger partial charge is 0.0346 e. The summed E-state index contributed by atoms with van der Waals surface area (Å²) in [7, 11) is 0. The van der Waals surface area contributed by atoms with Crippen molar-refractivity contribution in [1.29, 1.82) is 0 Å². The van der Waals surface area contributed by atoms with Gasteiger partial charge in [0.15, 0.2) is 0 Å². The van der Waals surface area contributed by atoms with Crippen molar-refractivity contribution in [1.82, 2.24) is 0 Å². The Balaban J connectivity index is 2.17. The monoisotopic (exact) mass is 245 g/mol. The summed E-state index contributed by atoms with van der Waals surface area (Å²) < 4.78 is 0. The van der Waals surface area contributed by atoms with Crippen molar-refractivity contribution in [2.45, 2.75) is 26.8 Å². The molecule has 2 rings (SSSR count). The maximum Gasteiger partial charge on any atom is 0.0346 e. The van der Waals surface area contributed by atoms with Gasteiger partial charge in [0.25, 0.3) is 0 Å². The number of hydrogen-bond donors (Lipinski definition) is 1. The van der Waals surface area contributed by atoms with E-state index in [0.29, 0.717) is 12.5 Å². The molecule has 1 aromatic carbocycles. The summed E-state index contributed by atoms with van der Waals surface area (Å²) in [5, 5.41) is 0. The van der Waals surface area contributed by atoms with Gasteiger partial charge in [0.1, 0.15) is 0 Å². The lowest BCUT2D eigenvalue weighted by Gasteiger charge is -2.05. The first-order valence-electron chi connectivity index (χ1n) is 6.07. The zero-order valence-corrected chi connectivity index (χ0v) is 11.3. The summed E-state index contributed by atoms with van der Waals surface area (Å²) in [4.78, 5) is 2.55. The molecule has 0 spiro atoms. The maximum absolute atomic E-state index is 5.63. The van der Waals surface area contributed by atoms with Crippen LogP contribution in [0.4, 0.5) is 0 Å². The van der Waals surface area contributed by atoms with E-state index < -0.39 is 0 Å². The molecule has 0 aliphatic heterocycles. The van der Waals surface area contributed by atoms with Crippen LogP contribution in [0.15, 0.2) is 36.4 Å². The number of hydrogen-bond acceptors (Lipinski definition) is 2. The minimum atomic E-state index is 0.635. The van der Waals surface area contributed by atoms with E-state index in [1.54, 1.807) is 11.3 Å². The zero-order valence-electron chi connectivity index (χ0n) is 10.4. The molecular formula is C15H19NS. The van der Waals surface area contributed by atoms with Crippen LogP contribution in [0.3, 0.4) is 0 Å². The van der Waals surface area contributed by atoms with E-state index in [4.69, 9.17) is 5.73 Å². The number of thiophene rings is 1. The fraction of sp³-hybridized carbons (Fsp3) is 0.333. The summed E-state index contributed by atoms with van der Waals surface area (Å²) in [6.45, 7) is 5.14. The van der Waals surface area contributed by atoms with E-state index in [1.807, 2.05) is 0 Å². The second-order valence-corrected chi connectivity index (χ2v) is 5.93. The van der Waals surface area contributed by atoms with Gasteiger partial charge in [-0.05, 0) is 35.6 Å². The van der Waals surface area contributed by atoms with Crippen molar-refractivity contribution in [2.24, 2.45) is 11.7 Å². The van der Waals surface area contributed by atoms with Crippen LogP contribution in [0.1, 0.15) is 24.3 Å². The predicted octanol–water partition coefficient (Wildman–Crippen LogP) is 4.07. The maximum atomic E-state index is 5.63. The topological polar surface area (TPSA) is 26.0 Å². The fourth-order valence-electron chi connectivity index (χ4n) is 1.92. The first-order chi connectivity index (χ1) is 8.19. The molecule has 1 heterocycles. The van der Waals surface area contributed by atoms with E-state index in [0.717, 1.165) is 6.42 Å². The van der Waals surface area contributed by atoms with Gasteiger partial charge in [0, 0.05) is 16.3 Å². The molecule has 0 atom stereocenters. The minimum absolute atomic E-state index is 0.635. The Hall–Kier alpha value is -1.12. The average Bonchev–Trinajstić information content (AvgIpc) is 2.78. The van der Waals surface area contributed by atoms with Gasteiger partial charge in [-0.25, -0.2) is 0 Å². The third-order valence-corrected chi connectivity index (χ3v) is 3.90. The van der Waals surface area contributed by atoms with Crippen LogP contribution in [0.2, 0.25) is 0 Å². The van der Waals surface area contributed by atoms with Crippen molar-refractivity contribution in [3.8, 4) is 10.4 Å². The summed E-state index contributed by atoms with van der Waals surface area (Å²) in [6.07, 6.45) is 1.15. The Bertz CT molecular complexity index is 468. The molecule has 0 aliphatic carbocycles. The Morgan fingerprint density at radius 2 is 1.76 bits per heavy atom. The van der Waals surface area contributed by atoms with Crippen molar-refractivity contribution in [3.05, 3.63) is 46.8 Å². The van der Waals surface area contributed by atoms with Gasteiger partial charge in [-0.3, -0.25) is 0 Å². The van der Waals surface area contributed by atoms with Crippen molar-refractivity contribution in [2.75, 3.05) is 0 Å². The quantitative estimate of drug-likeness (QED) is 0.863. The van der Waals surface area contributed by atoms with Gasteiger partial charge < -0.3 is 5.73 Å². The highest BCUT2D eigenvalue weighted by Crippen LogP contribution is 2.28. The predicted molar refractivity (Wildman–Crippen MR) is 76.2 cm³/mol. The lowest BCUT2D eigenvalue weighted by atomic mass is 10.0. The van der Waals surface area contributed by atoms with E-state index in [-0.39, 0.29) is 0 Å². The summed E-state index contributed by atoms with van der Waals surface area (Å²) in [5.74, 6) is 0.714. The average molecular weight is 245 g/mol. The number of nitrogens with two attached hydrogens (primary N) is 1. The Morgan fingerprint density at radius 3 is 2.29 bits per heavy atom. The van der Waals surface area contributed by atoms with Gasteiger partial charge in [-0.2, -0.15) is 0 Å². The van der Waals surface area contributed by atoms with Crippen LogP contribution < -0.4 is 5.73 Å². The molecule has 0 saturated heterocycles. The largest absolute Gasteiger partial charge is 0.326 e. The second-order valence-electron chi connectivity index (χ2n) is 4.76. The molecule has 2 heteroatoms. The Labute approximate surface area is 107 Å². The molecule has 90 valence electrons. The summed E-state index contributed by atoms with van der Waals surface area (Å²) in [6, 6.07) is 13.2. The van der Waals surface area contributed by atoms with E-state index in [1.165, 1.54) is 20.9 Å². The molecule has 0 bridgehead atoms. The summed E-state index contributed by atoms with van der Waals surface area (Å²) >= 11 is 1.78. The fourth-order valence-corrected chi connectivity index (χ4v) is 2.81. The highest BCUT2D eigenvalue weighted by Gasteiger charge is 2.03. The molecule has 1 aromatic heterocycles. The lowest BCUT2D eigenvalue weighted by Crippen LogP contribution is -1.93. The van der Waals surface area contributed by atoms with Crippen LogP contribution in [0, 0.1) is 5.92 Å². The lowest BCUT2D eigenvalue weighted by molar-refractivity contribution is 0.647. The van der Waals surface area contributed by atoms with Crippen LogP contribution in [0.5, 0.6) is 0 Å². The van der Waals surface area contributed by atoms with Crippen LogP contribution in [-0.2, 0) is 13.0 Å². The molecular weight excluding hydrogens is 226 g/mol. The van der Waals surface area contributed by atoms with Gasteiger partial charge in [-0.1, -0.05) is 38.1 Å². The Morgan fingerprint density at radius 1 is 1.06 bits per heavy atom. The van der Waals surface area contributed by atoms with Crippen molar-refractivity contribution < 1.29 is 0 Å². The molecule has 2 N–H and O–H groups in total. The van der Waals surface area contributed by atoms with E-state index in [2.05, 4.69) is 50.2 Å².